The molecular weight excluding hydrogens is 313 g/mol. The maximum Gasteiger partial charge on any atom is 0.413 e. The Bertz CT molecular complexity index is 553. The third-order valence-corrected chi connectivity index (χ3v) is 6.39. The van der Waals surface area contributed by atoms with Crippen LogP contribution in [0, 0.1) is 0 Å². The highest BCUT2D eigenvalue weighted by molar-refractivity contribution is 8.46. The summed E-state index contributed by atoms with van der Waals surface area (Å²) in [7, 11) is -0.663. The second-order valence-corrected chi connectivity index (χ2v) is 7.31. The molecule has 0 saturated carbocycles. The number of carbonyl (C=O) groups is 2. The fourth-order valence-electron chi connectivity index (χ4n) is 1.65. The first-order valence-electron chi connectivity index (χ1n) is 5.33. The van der Waals surface area contributed by atoms with Crippen LogP contribution in [0.3, 0.4) is 0 Å². The first-order valence-corrected chi connectivity index (χ1v) is 7.60. The van der Waals surface area contributed by atoms with Crippen molar-refractivity contribution in [2.45, 2.75) is 11.3 Å². The van der Waals surface area contributed by atoms with E-state index in [4.69, 9.17) is 32.5 Å². The summed E-state index contributed by atoms with van der Waals surface area (Å²) in [6.07, 6.45) is -0.0833. The number of carboxylic acid groups (broad SMARTS) is 1. The van der Waals surface area contributed by atoms with E-state index in [1.807, 2.05) is 0 Å². The predicted octanol–water partition coefficient (Wildman–Crippen LogP) is 3.54. The summed E-state index contributed by atoms with van der Waals surface area (Å²) in [6.45, 7) is 0.194. The van der Waals surface area contributed by atoms with Gasteiger partial charge in [-0.3, -0.25) is 4.79 Å². The smallest absolute Gasteiger partial charge is 0.413 e. The number of benzene rings is 1. The van der Waals surface area contributed by atoms with Crippen LogP contribution in [0.15, 0.2) is 23.1 Å². The number of hydrogen-bond donors (Lipinski definition) is 1. The lowest BCUT2D eigenvalue weighted by atomic mass is 10.4. The standard InChI is InChI=1S/C11H11Cl2NO4S/c1-14(6-5-9(15)16)19(11(17)18-19)8-4-2-3-7(12)10(8)13/h2-4H,5-6H2,1H3,(H,15,16). The number of rotatable bonds is 5. The number of halogens is 2. The van der Waals surface area contributed by atoms with E-state index in [0.29, 0.717) is 9.92 Å². The molecule has 0 aliphatic carbocycles. The Hall–Kier alpha value is -0.950. The van der Waals surface area contributed by atoms with Crippen LogP contribution in [0.2, 0.25) is 10.0 Å². The van der Waals surface area contributed by atoms with Crippen molar-refractivity contribution in [1.82, 2.24) is 4.31 Å². The Labute approximate surface area is 121 Å². The maximum atomic E-state index is 11.7. The molecule has 0 amide bonds. The SMILES string of the molecule is CN(CCC(=O)O)S1(c2cccc(Cl)c2Cl)OC1=O. The van der Waals surface area contributed by atoms with E-state index in [0.717, 1.165) is 0 Å². The molecule has 104 valence electrons. The molecule has 1 saturated heterocycles. The van der Waals surface area contributed by atoms with Gasteiger partial charge in [-0.1, -0.05) is 29.3 Å². The van der Waals surface area contributed by atoms with Gasteiger partial charge in [-0.05, 0) is 19.2 Å². The van der Waals surface area contributed by atoms with Gasteiger partial charge in [-0.2, -0.15) is 0 Å². The van der Waals surface area contributed by atoms with E-state index in [9.17, 15) is 9.59 Å². The summed E-state index contributed by atoms with van der Waals surface area (Å²) in [5, 5.41) is 8.91. The van der Waals surface area contributed by atoms with Crippen LogP contribution in [0.5, 0.6) is 0 Å². The fourth-order valence-corrected chi connectivity index (χ4v) is 4.63. The Balaban J connectivity index is 2.31. The minimum atomic E-state index is -2.30. The lowest BCUT2D eigenvalue weighted by Gasteiger charge is -2.25. The van der Waals surface area contributed by atoms with Crippen molar-refractivity contribution in [3.63, 3.8) is 0 Å². The molecule has 8 heteroatoms. The number of aliphatic carboxylic acids is 1. The Kier molecular flexibility index (Phi) is 3.96. The molecule has 1 N–H and O–H groups in total. The van der Waals surface area contributed by atoms with Gasteiger partial charge in [-0.25, -0.2) is 9.10 Å². The molecule has 0 aromatic heterocycles. The highest BCUT2D eigenvalue weighted by Crippen LogP contribution is 2.74. The Morgan fingerprint density at radius 3 is 2.63 bits per heavy atom. The van der Waals surface area contributed by atoms with Crippen LogP contribution in [-0.4, -0.2) is 34.3 Å². The summed E-state index contributed by atoms with van der Waals surface area (Å²) in [6, 6.07) is 4.97. The van der Waals surface area contributed by atoms with E-state index < -0.39 is 16.5 Å². The molecule has 1 aromatic carbocycles. The molecule has 1 unspecified atom stereocenters. The summed E-state index contributed by atoms with van der Waals surface area (Å²) >= 11 is 12.0. The lowest BCUT2D eigenvalue weighted by molar-refractivity contribution is -0.137. The molecule has 1 aromatic rings. The zero-order chi connectivity index (χ0) is 14.2. The fraction of sp³-hybridized carbons (Fsp3) is 0.273. The Morgan fingerprint density at radius 2 is 2.11 bits per heavy atom. The first-order chi connectivity index (χ1) is 8.89. The van der Waals surface area contributed by atoms with E-state index in [1.54, 1.807) is 29.6 Å². The van der Waals surface area contributed by atoms with Crippen LogP contribution in [0.1, 0.15) is 6.42 Å². The van der Waals surface area contributed by atoms with Crippen molar-refractivity contribution in [1.29, 1.82) is 0 Å². The summed E-state index contributed by atoms with van der Waals surface area (Å²) < 4.78 is 6.75. The number of carboxylic acids is 1. The number of carbonyl (C=O) groups excluding carboxylic acids is 1. The van der Waals surface area contributed by atoms with E-state index in [-0.39, 0.29) is 23.3 Å². The maximum absolute atomic E-state index is 11.7. The average molecular weight is 324 g/mol. The van der Waals surface area contributed by atoms with Crippen LogP contribution < -0.4 is 0 Å². The number of hydrogen-bond acceptors (Lipinski definition) is 4. The third-order valence-electron chi connectivity index (χ3n) is 2.68. The zero-order valence-electron chi connectivity index (χ0n) is 9.93. The molecule has 2 rings (SSSR count). The van der Waals surface area contributed by atoms with Gasteiger partial charge in [0.2, 0.25) is 0 Å². The highest BCUT2D eigenvalue weighted by Gasteiger charge is 2.59. The molecule has 1 aliphatic heterocycles. The molecule has 1 heterocycles. The normalized spacial score (nSPS) is 24.7. The molecule has 1 aliphatic rings. The third kappa shape index (κ3) is 2.53. The average Bonchev–Trinajstić information content (AvgIpc) is 3.02. The molecule has 0 spiro atoms. The van der Waals surface area contributed by atoms with Crippen LogP contribution in [0.4, 0.5) is 4.79 Å². The Morgan fingerprint density at radius 1 is 1.47 bits per heavy atom. The minimum absolute atomic E-state index is 0.0833. The van der Waals surface area contributed by atoms with Gasteiger partial charge in [0.05, 0.1) is 21.4 Å². The van der Waals surface area contributed by atoms with Crippen LogP contribution in [-0.2, 0) is 8.98 Å². The largest absolute Gasteiger partial charge is 0.481 e. The second kappa shape index (κ2) is 5.20. The topological polar surface area (TPSA) is 70.1 Å². The quantitative estimate of drug-likeness (QED) is 0.839. The van der Waals surface area contributed by atoms with Gasteiger partial charge in [0.15, 0.2) is 0 Å². The zero-order valence-corrected chi connectivity index (χ0v) is 12.3. The molecule has 1 atom stereocenters. The molecule has 0 bridgehead atoms. The van der Waals surface area contributed by atoms with Crippen molar-refractivity contribution in [2.75, 3.05) is 13.6 Å². The van der Waals surface area contributed by atoms with E-state index in [2.05, 4.69) is 0 Å². The molecule has 5 nitrogen and oxygen atoms in total. The van der Waals surface area contributed by atoms with Crippen molar-refractivity contribution < 1.29 is 18.9 Å². The van der Waals surface area contributed by atoms with Gasteiger partial charge >= 0.3 is 11.3 Å². The van der Waals surface area contributed by atoms with E-state index in [1.165, 1.54) is 0 Å². The van der Waals surface area contributed by atoms with Gasteiger partial charge in [0.1, 0.15) is 10.5 Å². The molecule has 0 radical (unpaired) electrons. The van der Waals surface area contributed by atoms with Crippen LogP contribution >= 0.6 is 33.7 Å². The van der Waals surface area contributed by atoms with Crippen molar-refractivity contribution in [3.05, 3.63) is 28.2 Å². The second-order valence-electron chi connectivity index (χ2n) is 3.91. The molecule has 19 heavy (non-hydrogen) atoms. The summed E-state index contributed by atoms with van der Waals surface area (Å²) in [5.41, 5.74) is 0. The van der Waals surface area contributed by atoms with E-state index >= 15 is 0 Å². The van der Waals surface area contributed by atoms with Gasteiger partial charge in [0.25, 0.3) is 0 Å². The van der Waals surface area contributed by atoms with Gasteiger partial charge in [0, 0.05) is 6.54 Å². The molecular formula is C11H11Cl2NO4S. The minimum Gasteiger partial charge on any atom is -0.481 e. The van der Waals surface area contributed by atoms with Gasteiger partial charge < -0.3 is 9.29 Å². The summed E-state index contributed by atoms with van der Waals surface area (Å²) in [4.78, 5) is 22.8. The van der Waals surface area contributed by atoms with Crippen molar-refractivity contribution in [3.8, 4) is 0 Å². The molecule has 1 fully saturated rings. The number of nitrogens with zero attached hydrogens (tertiary/aromatic N) is 1. The summed E-state index contributed by atoms with van der Waals surface area (Å²) in [5.74, 6) is -0.938. The van der Waals surface area contributed by atoms with Crippen LogP contribution in [0.25, 0.3) is 0 Å². The lowest BCUT2D eigenvalue weighted by Crippen LogP contribution is -2.21. The van der Waals surface area contributed by atoms with Crippen molar-refractivity contribution >= 4 is 45.0 Å². The first kappa shape index (κ1) is 14.5. The van der Waals surface area contributed by atoms with Crippen molar-refractivity contribution in [2.24, 2.45) is 0 Å². The highest BCUT2D eigenvalue weighted by atomic mass is 35.5. The monoisotopic (exact) mass is 323 g/mol. The predicted molar refractivity (Wildman–Crippen MR) is 73.7 cm³/mol. The van der Waals surface area contributed by atoms with Gasteiger partial charge in [-0.15, -0.1) is 0 Å².